The normalized spacial score (nSPS) is 12.5. The van der Waals surface area contributed by atoms with Crippen LogP contribution in [0.4, 0.5) is 22.9 Å². The van der Waals surface area contributed by atoms with E-state index in [-0.39, 0.29) is 16.8 Å². The van der Waals surface area contributed by atoms with Gasteiger partial charge in [0.25, 0.3) is 17.5 Å². The van der Waals surface area contributed by atoms with Gasteiger partial charge in [-0.15, -0.1) is 0 Å². The number of aryl methyl sites for hydroxylation is 1. The summed E-state index contributed by atoms with van der Waals surface area (Å²) in [5, 5.41) is 16.6. The number of rotatable bonds is 6. The highest BCUT2D eigenvalue weighted by Gasteiger charge is 2.37. The Morgan fingerprint density at radius 3 is 2.38 bits per heavy atom. The number of nitro groups is 1. The van der Waals surface area contributed by atoms with E-state index < -0.39 is 29.2 Å². The molecule has 3 amide bonds. The first kappa shape index (κ1) is 20.6. The van der Waals surface area contributed by atoms with Gasteiger partial charge >= 0.3 is 0 Å². The molecule has 160 valence electrons. The summed E-state index contributed by atoms with van der Waals surface area (Å²) in [5.74, 6) is -1.38. The quantitative estimate of drug-likeness (QED) is 0.343. The predicted octanol–water partition coefficient (Wildman–Crippen LogP) is 2.67. The summed E-state index contributed by atoms with van der Waals surface area (Å²) in [5.41, 5.74) is 1.65. The van der Waals surface area contributed by atoms with Crippen LogP contribution < -0.4 is 10.6 Å². The van der Waals surface area contributed by atoms with Crippen LogP contribution in [-0.2, 0) is 4.79 Å². The second-order valence-corrected chi connectivity index (χ2v) is 6.98. The molecule has 0 saturated heterocycles. The van der Waals surface area contributed by atoms with Crippen molar-refractivity contribution in [2.45, 2.75) is 6.92 Å². The number of hydrogen-bond acceptors (Lipinski definition) is 8. The number of aromatic nitrogens is 2. The lowest BCUT2D eigenvalue weighted by atomic mass is 10.1. The number of fused-ring (bicyclic) bond motifs is 1. The number of nitrogens with zero attached hydrogens (tertiary/aromatic N) is 4. The number of non-ortho nitro benzene ring substituents is 1. The highest BCUT2D eigenvalue weighted by molar-refractivity contribution is 6.23. The predicted molar refractivity (Wildman–Crippen MR) is 114 cm³/mol. The molecule has 1 aliphatic heterocycles. The van der Waals surface area contributed by atoms with Gasteiger partial charge in [0, 0.05) is 35.3 Å². The summed E-state index contributed by atoms with van der Waals surface area (Å²) in [4.78, 5) is 56.5. The van der Waals surface area contributed by atoms with Crippen LogP contribution in [0.25, 0.3) is 0 Å². The van der Waals surface area contributed by atoms with Crippen LogP contribution in [0.1, 0.15) is 26.4 Å². The summed E-state index contributed by atoms with van der Waals surface area (Å²) in [6.45, 7) is 1.33. The summed E-state index contributed by atoms with van der Waals surface area (Å²) >= 11 is 0. The lowest BCUT2D eigenvalue weighted by Crippen LogP contribution is -2.37. The summed E-state index contributed by atoms with van der Waals surface area (Å²) < 4.78 is 0. The molecule has 2 N–H and O–H groups in total. The van der Waals surface area contributed by atoms with E-state index in [1.54, 1.807) is 30.3 Å². The van der Waals surface area contributed by atoms with Crippen molar-refractivity contribution < 1.29 is 19.3 Å². The van der Waals surface area contributed by atoms with Gasteiger partial charge in [0.2, 0.25) is 5.91 Å². The van der Waals surface area contributed by atoms with Crippen molar-refractivity contribution in [2.24, 2.45) is 0 Å². The fraction of sp³-hybridized carbons (Fsp3) is 0.0952. The molecule has 0 bridgehead atoms. The molecule has 0 aliphatic carbocycles. The average molecular weight is 432 g/mol. The molecule has 1 aromatic heterocycles. The molecule has 11 nitrogen and oxygen atoms in total. The highest BCUT2D eigenvalue weighted by Crippen LogP contribution is 2.27. The van der Waals surface area contributed by atoms with Crippen LogP contribution in [0.2, 0.25) is 0 Å². The standard InChI is InChI=1S/C21H16N6O5/c1-12-8-18(23-11-22-12)24-13-2-4-14(5-3-13)25-19(28)10-26-20(29)16-7-6-15(27(31)32)9-17(16)21(26)30/h2-9,11H,10H2,1H3,(H,25,28)(H,22,23,24). The van der Waals surface area contributed by atoms with E-state index in [9.17, 15) is 24.5 Å². The number of carbonyl (C=O) groups is 3. The summed E-state index contributed by atoms with van der Waals surface area (Å²) in [7, 11) is 0. The summed E-state index contributed by atoms with van der Waals surface area (Å²) in [6, 6.07) is 12.0. The van der Waals surface area contributed by atoms with Crippen molar-refractivity contribution in [3.63, 3.8) is 0 Å². The fourth-order valence-corrected chi connectivity index (χ4v) is 3.19. The number of carbonyl (C=O) groups excluding carboxylic acids is 3. The number of nitrogens with one attached hydrogen (secondary N) is 2. The molecule has 0 unspecified atom stereocenters. The Bertz CT molecular complexity index is 1260. The van der Waals surface area contributed by atoms with Crippen LogP contribution in [0.3, 0.4) is 0 Å². The molecule has 0 fully saturated rings. The maximum absolute atomic E-state index is 12.5. The van der Waals surface area contributed by atoms with Gasteiger partial charge in [-0.25, -0.2) is 9.97 Å². The molecule has 2 heterocycles. The summed E-state index contributed by atoms with van der Waals surface area (Å²) in [6.07, 6.45) is 1.45. The Labute approximate surface area is 181 Å². The third-order valence-electron chi connectivity index (χ3n) is 4.71. The number of anilines is 3. The second kappa shape index (κ2) is 8.22. The van der Waals surface area contributed by atoms with Gasteiger partial charge in [-0.2, -0.15) is 0 Å². The molecule has 0 spiro atoms. The van der Waals surface area contributed by atoms with Gasteiger partial charge in [0.15, 0.2) is 0 Å². The Hall–Kier alpha value is -4.67. The van der Waals surface area contributed by atoms with Crippen molar-refractivity contribution in [2.75, 3.05) is 17.2 Å². The first-order valence-electron chi connectivity index (χ1n) is 9.42. The first-order chi connectivity index (χ1) is 15.3. The molecule has 11 heteroatoms. The zero-order chi connectivity index (χ0) is 22.8. The van der Waals surface area contributed by atoms with E-state index >= 15 is 0 Å². The lowest BCUT2D eigenvalue weighted by molar-refractivity contribution is -0.384. The van der Waals surface area contributed by atoms with Crippen molar-refractivity contribution in [1.29, 1.82) is 0 Å². The molecule has 0 saturated carbocycles. The van der Waals surface area contributed by atoms with E-state index in [1.807, 2.05) is 6.92 Å². The van der Waals surface area contributed by atoms with E-state index in [0.717, 1.165) is 28.4 Å². The maximum Gasteiger partial charge on any atom is 0.270 e. The second-order valence-electron chi connectivity index (χ2n) is 6.98. The highest BCUT2D eigenvalue weighted by atomic mass is 16.6. The van der Waals surface area contributed by atoms with Crippen molar-refractivity contribution >= 4 is 40.6 Å². The zero-order valence-electron chi connectivity index (χ0n) is 16.7. The van der Waals surface area contributed by atoms with Gasteiger partial charge in [-0.1, -0.05) is 0 Å². The number of amides is 3. The smallest absolute Gasteiger partial charge is 0.270 e. The third-order valence-corrected chi connectivity index (χ3v) is 4.71. The van der Waals surface area contributed by atoms with E-state index in [1.165, 1.54) is 12.4 Å². The minimum Gasteiger partial charge on any atom is -0.340 e. The molecule has 0 radical (unpaired) electrons. The molecule has 32 heavy (non-hydrogen) atoms. The van der Waals surface area contributed by atoms with Gasteiger partial charge in [-0.3, -0.25) is 29.4 Å². The Morgan fingerprint density at radius 1 is 1.00 bits per heavy atom. The largest absolute Gasteiger partial charge is 0.340 e. The molecule has 1 aliphatic rings. The zero-order valence-corrected chi connectivity index (χ0v) is 16.7. The number of hydrogen-bond donors (Lipinski definition) is 2. The number of imide groups is 1. The molecular formula is C21H16N6O5. The Morgan fingerprint density at radius 2 is 1.69 bits per heavy atom. The van der Waals surface area contributed by atoms with Crippen LogP contribution in [0.15, 0.2) is 54.9 Å². The molecule has 4 rings (SSSR count). The van der Waals surface area contributed by atoms with Crippen molar-refractivity contribution in [1.82, 2.24) is 14.9 Å². The lowest BCUT2D eigenvalue weighted by Gasteiger charge is -2.14. The number of nitro benzene ring substituents is 1. The molecular weight excluding hydrogens is 416 g/mol. The van der Waals surface area contributed by atoms with Gasteiger partial charge in [0.1, 0.15) is 18.7 Å². The molecule has 3 aromatic rings. The average Bonchev–Trinajstić information content (AvgIpc) is 2.99. The van der Waals surface area contributed by atoms with Crippen molar-refractivity contribution in [3.05, 3.63) is 81.8 Å². The van der Waals surface area contributed by atoms with Crippen LogP contribution in [0.5, 0.6) is 0 Å². The van der Waals surface area contributed by atoms with Gasteiger partial charge in [0.05, 0.1) is 16.1 Å². The Balaban J connectivity index is 1.40. The minimum atomic E-state index is -0.747. The van der Waals surface area contributed by atoms with Gasteiger partial charge in [-0.05, 0) is 37.3 Å². The number of benzene rings is 2. The SMILES string of the molecule is Cc1cc(Nc2ccc(NC(=O)CN3C(=O)c4ccc([N+](=O)[O-])cc4C3=O)cc2)ncn1. The van der Waals surface area contributed by atoms with Crippen LogP contribution >= 0.6 is 0 Å². The van der Waals surface area contributed by atoms with E-state index in [4.69, 9.17) is 0 Å². The van der Waals surface area contributed by atoms with E-state index in [2.05, 4.69) is 20.6 Å². The molecule has 0 atom stereocenters. The van der Waals surface area contributed by atoms with Crippen molar-refractivity contribution in [3.8, 4) is 0 Å². The van der Waals surface area contributed by atoms with Gasteiger partial charge < -0.3 is 10.6 Å². The van der Waals surface area contributed by atoms with Crippen LogP contribution in [0, 0.1) is 17.0 Å². The third kappa shape index (κ3) is 4.12. The minimum absolute atomic E-state index is 0.0313. The first-order valence-corrected chi connectivity index (χ1v) is 9.42. The topological polar surface area (TPSA) is 147 Å². The monoisotopic (exact) mass is 432 g/mol. The van der Waals surface area contributed by atoms with E-state index in [0.29, 0.717) is 11.5 Å². The van der Waals surface area contributed by atoms with Crippen LogP contribution in [-0.4, -0.2) is 44.1 Å². The molecule has 2 aromatic carbocycles. The Kier molecular flexibility index (Phi) is 5.29. The fourth-order valence-electron chi connectivity index (χ4n) is 3.19. The maximum atomic E-state index is 12.5.